The topological polar surface area (TPSA) is 82.0 Å². The molecule has 3 fully saturated rings. The van der Waals surface area contributed by atoms with E-state index in [-0.39, 0.29) is 23.1 Å². The molecule has 2 spiro atoms. The molecule has 202 valence electrons. The molecule has 3 N–H and O–H groups in total. The number of carbonyl (C=O) groups excluding carboxylic acids is 1. The molecule has 6 nitrogen and oxygen atoms in total. The summed E-state index contributed by atoms with van der Waals surface area (Å²) in [6.07, 6.45) is 4.97. The fourth-order valence-electron chi connectivity index (χ4n) is 9.82. The molecule has 3 aromatic carbocycles. The Morgan fingerprint density at radius 1 is 1.02 bits per heavy atom. The van der Waals surface area contributed by atoms with Gasteiger partial charge in [0.25, 0.3) is 0 Å². The van der Waals surface area contributed by atoms with Crippen LogP contribution in [0.3, 0.4) is 0 Å². The first-order valence-corrected chi connectivity index (χ1v) is 14.5. The molecule has 7 aliphatic rings. The van der Waals surface area contributed by atoms with E-state index in [1.807, 2.05) is 30.3 Å². The van der Waals surface area contributed by atoms with Crippen molar-refractivity contribution in [2.24, 2.45) is 10.8 Å². The number of phenols is 1. The maximum absolute atomic E-state index is 14.1. The molecule has 2 aliphatic heterocycles. The second-order valence-electron chi connectivity index (χ2n) is 12.8. The number of nitrogens with zero attached hydrogens (tertiary/aromatic N) is 1. The van der Waals surface area contributed by atoms with Crippen LogP contribution in [0.1, 0.15) is 35.1 Å². The van der Waals surface area contributed by atoms with Crippen LogP contribution in [0.4, 0.5) is 0 Å². The lowest BCUT2D eigenvalue weighted by atomic mass is 9.41. The van der Waals surface area contributed by atoms with E-state index in [1.165, 1.54) is 11.1 Å². The van der Waals surface area contributed by atoms with Crippen molar-refractivity contribution < 1.29 is 19.7 Å². The number of nitrogens with one attached hydrogen (secondary N) is 1. The number of aromatic hydroxyl groups is 1. The molecule has 6 atom stereocenters. The highest BCUT2D eigenvalue weighted by Gasteiger charge is 2.95. The zero-order valence-electron chi connectivity index (χ0n) is 22.3. The zero-order valence-corrected chi connectivity index (χ0v) is 22.3. The van der Waals surface area contributed by atoms with Crippen molar-refractivity contribution in [1.82, 2.24) is 10.2 Å². The molecule has 0 radical (unpaired) electrons. The smallest absolute Gasteiger partial charge is 0.234 e. The Labute approximate surface area is 233 Å². The molecule has 6 bridgehead atoms. The number of carbonyl (C=O) groups is 1. The minimum atomic E-state index is -1.35. The summed E-state index contributed by atoms with van der Waals surface area (Å²) >= 11 is 0. The predicted octanol–water partition coefficient (Wildman–Crippen LogP) is 3.64. The SMILES string of the molecule is O=C(NCc1ccccc1)[C@@]12CC34C=C1[C@]2(O)[C@@H]1Oc2c(O)ccc5c2[C@@]13CCN(CCc1ccccc1)C4C5. The van der Waals surface area contributed by atoms with E-state index in [2.05, 4.69) is 52.7 Å². The number of rotatable bonds is 6. The van der Waals surface area contributed by atoms with Crippen LogP contribution in [0, 0.1) is 10.8 Å². The molecule has 1 saturated heterocycles. The summed E-state index contributed by atoms with van der Waals surface area (Å²) in [5.74, 6) is 0.548. The number of hydrogen-bond donors (Lipinski definition) is 3. The molecule has 40 heavy (non-hydrogen) atoms. The molecule has 3 aromatic rings. The van der Waals surface area contributed by atoms with Crippen molar-refractivity contribution in [2.75, 3.05) is 13.1 Å². The predicted molar refractivity (Wildman–Crippen MR) is 149 cm³/mol. The highest BCUT2D eigenvalue weighted by atomic mass is 16.5. The van der Waals surface area contributed by atoms with Crippen molar-refractivity contribution in [1.29, 1.82) is 0 Å². The summed E-state index contributed by atoms with van der Waals surface area (Å²) in [6, 6.07) is 24.5. The van der Waals surface area contributed by atoms with Crippen LogP contribution in [-0.4, -0.2) is 51.9 Å². The number of benzene rings is 3. The number of hydrogen-bond acceptors (Lipinski definition) is 5. The summed E-state index contributed by atoms with van der Waals surface area (Å²) in [5.41, 5.74) is 2.38. The summed E-state index contributed by atoms with van der Waals surface area (Å²) in [4.78, 5) is 16.7. The highest BCUT2D eigenvalue weighted by Crippen LogP contribution is 2.87. The van der Waals surface area contributed by atoms with Gasteiger partial charge in [0, 0.05) is 30.1 Å². The molecular formula is C34H32N2O4. The minimum Gasteiger partial charge on any atom is -0.504 e. The Morgan fingerprint density at radius 3 is 2.55 bits per heavy atom. The van der Waals surface area contributed by atoms with Crippen molar-refractivity contribution >= 4 is 5.91 Å². The van der Waals surface area contributed by atoms with E-state index in [1.54, 1.807) is 6.07 Å². The van der Waals surface area contributed by atoms with E-state index in [0.29, 0.717) is 18.7 Å². The van der Waals surface area contributed by atoms with Gasteiger partial charge in [-0.15, -0.1) is 0 Å². The van der Waals surface area contributed by atoms with E-state index < -0.39 is 22.5 Å². The first-order valence-electron chi connectivity index (χ1n) is 14.5. The lowest BCUT2D eigenvalue weighted by molar-refractivity contribution is -0.173. The maximum Gasteiger partial charge on any atom is 0.234 e. The van der Waals surface area contributed by atoms with Gasteiger partial charge in [0.15, 0.2) is 11.5 Å². The average molecular weight is 533 g/mol. The number of aliphatic hydroxyl groups is 1. The Hall–Kier alpha value is -3.61. The third kappa shape index (κ3) is 2.40. The molecule has 6 heteroatoms. The van der Waals surface area contributed by atoms with Crippen LogP contribution in [-0.2, 0) is 29.6 Å². The van der Waals surface area contributed by atoms with Crippen LogP contribution in [0.15, 0.2) is 84.4 Å². The Bertz CT molecular complexity index is 1620. The number of ether oxygens (including phenoxy) is 1. The van der Waals surface area contributed by atoms with Crippen molar-refractivity contribution in [3.8, 4) is 11.5 Å². The first kappa shape index (κ1) is 23.1. The van der Waals surface area contributed by atoms with Crippen molar-refractivity contribution in [3.05, 3.63) is 107 Å². The zero-order chi connectivity index (χ0) is 26.9. The molecule has 2 saturated carbocycles. The van der Waals surface area contributed by atoms with Gasteiger partial charge in [-0.3, -0.25) is 9.69 Å². The standard InChI is InChI=1S/C34H32N2O4/c37-24-12-11-23-17-26-31-18-25-33(20-31,30(38)35-19-22-9-5-2-6-10-22)34(25,39)29-32(31,27(23)28(24)40-29)14-16-36(26)15-13-21-7-3-1-4-8-21/h1-12,18,26,29,37,39H,13-17,19-20H2,(H,35,38)/t26?,29-,31?,32+,33-,34+/m1/s1. The Morgan fingerprint density at radius 2 is 1.77 bits per heavy atom. The molecular weight excluding hydrogens is 500 g/mol. The summed E-state index contributed by atoms with van der Waals surface area (Å²) in [7, 11) is 0. The molecule has 5 aliphatic carbocycles. The van der Waals surface area contributed by atoms with Crippen molar-refractivity contribution in [2.45, 2.75) is 55.4 Å². The molecule has 2 heterocycles. The summed E-state index contributed by atoms with van der Waals surface area (Å²) in [6.45, 7) is 2.27. The van der Waals surface area contributed by atoms with Gasteiger partial charge in [-0.05, 0) is 60.6 Å². The van der Waals surface area contributed by atoms with E-state index in [0.717, 1.165) is 49.1 Å². The number of amides is 1. The average Bonchev–Trinajstić information content (AvgIpc) is 3.24. The molecule has 10 rings (SSSR count). The second-order valence-corrected chi connectivity index (χ2v) is 12.8. The van der Waals surface area contributed by atoms with Gasteiger partial charge < -0.3 is 20.3 Å². The quantitative estimate of drug-likeness (QED) is 0.423. The monoisotopic (exact) mass is 532 g/mol. The van der Waals surface area contributed by atoms with Gasteiger partial charge in [0.2, 0.25) is 5.91 Å². The van der Waals surface area contributed by atoms with Gasteiger partial charge in [-0.2, -0.15) is 0 Å². The Balaban J connectivity index is 1.13. The molecule has 0 aromatic heterocycles. The third-order valence-electron chi connectivity index (χ3n) is 11.4. The summed E-state index contributed by atoms with van der Waals surface area (Å²) in [5, 5.41) is 26.5. The van der Waals surface area contributed by atoms with Gasteiger partial charge in [-0.1, -0.05) is 72.8 Å². The molecule has 2 unspecified atom stereocenters. The van der Waals surface area contributed by atoms with Crippen LogP contribution in [0.2, 0.25) is 0 Å². The maximum atomic E-state index is 14.1. The van der Waals surface area contributed by atoms with Crippen LogP contribution in [0.25, 0.3) is 0 Å². The highest BCUT2D eigenvalue weighted by molar-refractivity contribution is 5.99. The normalized spacial score (nSPS) is 36.9. The van der Waals surface area contributed by atoms with E-state index >= 15 is 0 Å². The lowest BCUT2D eigenvalue weighted by Gasteiger charge is -2.66. The van der Waals surface area contributed by atoms with E-state index in [4.69, 9.17) is 4.74 Å². The van der Waals surface area contributed by atoms with E-state index in [9.17, 15) is 15.0 Å². The van der Waals surface area contributed by atoms with Crippen LogP contribution in [0.5, 0.6) is 11.5 Å². The van der Waals surface area contributed by atoms with Crippen LogP contribution >= 0.6 is 0 Å². The third-order valence-corrected chi connectivity index (χ3v) is 11.4. The largest absolute Gasteiger partial charge is 0.504 e. The second kappa shape index (κ2) is 7.36. The fourth-order valence-corrected chi connectivity index (χ4v) is 9.82. The molecule has 1 amide bonds. The van der Waals surface area contributed by atoms with Gasteiger partial charge in [-0.25, -0.2) is 0 Å². The number of likely N-dealkylation sites (tertiary alicyclic amines) is 1. The first-order chi connectivity index (χ1) is 19.5. The van der Waals surface area contributed by atoms with Gasteiger partial charge in [0.1, 0.15) is 17.1 Å². The fraction of sp³-hybridized carbons (Fsp3) is 0.382. The van der Waals surface area contributed by atoms with Gasteiger partial charge in [0.05, 0.1) is 5.41 Å². The lowest BCUT2D eigenvalue weighted by Crippen LogP contribution is -2.75. The summed E-state index contributed by atoms with van der Waals surface area (Å²) < 4.78 is 6.63. The van der Waals surface area contributed by atoms with Crippen LogP contribution < -0.4 is 10.1 Å². The van der Waals surface area contributed by atoms with Crippen molar-refractivity contribution in [3.63, 3.8) is 0 Å². The number of phenolic OH excluding ortho intramolecular Hbond substituents is 1. The number of piperidine rings is 1. The Kier molecular flexibility index (Phi) is 4.26. The van der Waals surface area contributed by atoms with Gasteiger partial charge >= 0.3 is 0 Å². The minimum absolute atomic E-state index is 0.111.